The van der Waals surface area contributed by atoms with E-state index in [2.05, 4.69) is 0 Å². The van der Waals surface area contributed by atoms with E-state index in [1.54, 1.807) is 0 Å². The molecule has 1 fully saturated rings. The first-order chi connectivity index (χ1) is 10.9. The highest BCUT2D eigenvalue weighted by Gasteiger charge is 2.36. The molecule has 3 rings (SSSR count). The minimum absolute atomic E-state index is 0.0496. The zero-order valence-electron chi connectivity index (χ0n) is 13.6. The van der Waals surface area contributed by atoms with Crippen LogP contribution in [-0.2, 0) is 21.4 Å². The standard InChI is InChI=1S/C16H23N3O3S/c1-17(2)23(21,22)18-10-5-7-14(12-18)16(20)19-11-9-13-6-3-4-8-15(13)19/h3-4,6,8,14H,5,7,9-12H2,1-2H3. The molecule has 7 heteroatoms. The summed E-state index contributed by atoms with van der Waals surface area (Å²) in [6, 6.07) is 7.94. The zero-order chi connectivity index (χ0) is 16.6. The van der Waals surface area contributed by atoms with Gasteiger partial charge < -0.3 is 4.90 Å². The summed E-state index contributed by atoms with van der Waals surface area (Å²) < 4.78 is 27.2. The molecule has 0 aromatic heterocycles. The van der Waals surface area contributed by atoms with Gasteiger partial charge in [-0.05, 0) is 30.9 Å². The Morgan fingerprint density at radius 1 is 1.22 bits per heavy atom. The molecule has 0 N–H and O–H groups in total. The lowest BCUT2D eigenvalue weighted by Gasteiger charge is -2.34. The number of benzene rings is 1. The molecule has 2 heterocycles. The zero-order valence-corrected chi connectivity index (χ0v) is 14.4. The summed E-state index contributed by atoms with van der Waals surface area (Å²) in [6.45, 7) is 1.45. The second-order valence-electron chi connectivity index (χ2n) is 6.36. The Morgan fingerprint density at radius 2 is 1.96 bits per heavy atom. The van der Waals surface area contributed by atoms with Crippen LogP contribution >= 0.6 is 0 Å². The lowest BCUT2D eigenvalue weighted by Crippen LogP contribution is -2.49. The highest BCUT2D eigenvalue weighted by atomic mass is 32.2. The predicted molar refractivity (Wildman–Crippen MR) is 89.4 cm³/mol. The van der Waals surface area contributed by atoms with Crippen molar-refractivity contribution in [3.63, 3.8) is 0 Å². The fourth-order valence-corrected chi connectivity index (χ4v) is 4.56. The average Bonchev–Trinajstić information content (AvgIpc) is 2.98. The van der Waals surface area contributed by atoms with Gasteiger partial charge in [0.15, 0.2) is 0 Å². The number of hydrogen-bond donors (Lipinski definition) is 0. The first kappa shape index (κ1) is 16.4. The molecule has 0 aliphatic carbocycles. The first-order valence-corrected chi connectivity index (χ1v) is 9.38. The molecule has 126 valence electrons. The van der Waals surface area contributed by atoms with Gasteiger partial charge in [-0.2, -0.15) is 17.0 Å². The van der Waals surface area contributed by atoms with Gasteiger partial charge in [-0.25, -0.2) is 0 Å². The topological polar surface area (TPSA) is 60.9 Å². The number of anilines is 1. The fourth-order valence-electron chi connectivity index (χ4n) is 3.37. The Balaban J connectivity index is 1.76. The third-order valence-electron chi connectivity index (χ3n) is 4.67. The highest BCUT2D eigenvalue weighted by Crippen LogP contribution is 2.31. The molecule has 0 bridgehead atoms. The summed E-state index contributed by atoms with van der Waals surface area (Å²) in [5.41, 5.74) is 2.17. The van der Waals surface area contributed by atoms with Crippen LogP contribution in [0.1, 0.15) is 18.4 Å². The summed E-state index contributed by atoms with van der Waals surface area (Å²) in [7, 11) is -0.404. The van der Waals surface area contributed by atoms with Gasteiger partial charge in [0.2, 0.25) is 5.91 Å². The summed E-state index contributed by atoms with van der Waals surface area (Å²) in [6.07, 6.45) is 2.34. The van der Waals surface area contributed by atoms with E-state index in [9.17, 15) is 13.2 Å². The molecule has 6 nitrogen and oxygen atoms in total. The van der Waals surface area contributed by atoms with Crippen LogP contribution in [-0.4, -0.2) is 56.7 Å². The van der Waals surface area contributed by atoms with Crippen molar-refractivity contribution in [2.24, 2.45) is 5.92 Å². The van der Waals surface area contributed by atoms with E-state index in [-0.39, 0.29) is 18.4 Å². The molecule has 1 atom stereocenters. The van der Waals surface area contributed by atoms with Crippen LogP contribution in [0, 0.1) is 5.92 Å². The normalized spacial score (nSPS) is 22.4. The minimum Gasteiger partial charge on any atom is -0.312 e. The van der Waals surface area contributed by atoms with Crippen molar-refractivity contribution in [1.82, 2.24) is 8.61 Å². The average molecular weight is 337 g/mol. The first-order valence-electron chi connectivity index (χ1n) is 7.98. The Morgan fingerprint density at radius 3 is 2.70 bits per heavy atom. The maximum absolute atomic E-state index is 12.9. The fraction of sp³-hybridized carbons (Fsp3) is 0.562. The second kappa shape index (κ2) is 6.22. The second-order valence-corrected chi connectivity index (χ2v) is 8.50. The third-order valence-corrected chi connectivity index (χ3v) is 6.58. The number of rotatable bonds is 3. The maximum atomic E-state index is 12.9. The van der Waals surface area contributed by atoms with Gasteiger partial charge in [0, 0.05) is 39.4 Å². The molecule has 2 aliphatic rings. The van der Waals surface area contributed by atoms with Gasteiger partial charge >= 0.3 is 0 Å². The quantitative estimate of drug-likeness (QED) is 0.830. The van der Waals surface area contributed by atoms with Crippen molar-refractivity contribution in [2.45, 2.75) is 19.3 Å². The lowest BCUT2D eigenvalue weighted by molar-refractivity contribution is -0.123. The van der Waals surface area contributed by atoms with Gasteiger partial charge in [-0.1, -0.05) is 18.2 Å². The number of fused-ring (bicyclic) bond motifs is 1. The maximum Gasteiger partial charge on any atom is 0.281 e. The van der Waals surface area contributed by atoms with Gasteiger partial charge in [-0.3, -0.25) is 4.79 Å². The van der Waals surface area contributed by atoms with Crippen molar-refractivity contribution in [2.75, 3.05) is 38.6 Å². The summed E-state index contributed by atoms with van der Waals surface area (Å²) >= 11 is 0. The van der Waals surface area contributed by atoms with Gasteiger partial charge in [0.05, 0.1) is 5.92 Å². The lowest BCUT2D eigenvalue weighted by atomic mass is 9.98. The molecule has 23 heavy (non-hydrogen) atoms. The van der Waals surface area contributed by atoms with Crippen molar-refractivity contribution < 1.29 is 13.2 Å². The minimum atomic E-state index is -3.45. The van der Waals surface area contributed by atoms with Crippen molar-refractivity contribution >= 4 is 21.8 Å². The molecule has 0 spiro atoms. The monoisotopic (exact) mass is 337 g/mol. The van der Waals surface area contributed by atoms with E-state index in [0.717, 1.165) is 24.9 Å². The van der Waals surface area contributed by atoms with Gasteiger partial charge in [0.25, 0.3) is 10.2 Å². The Bertz CT molecular complexity index is 702. The van der Waals surface area contributed by atoms with E-state index in [1.807, 2.05) is 29.2 Å². The number of carbonyl (C=O) groups excluding carboxylic acids is 1. The van der Waals surface area contributed by atoms with Crippen molar-refractivity contribution in [3.05, 3.63) is 29.8 Å². The molecule has 0 saturated carbocycles. The molecule has 0 radical (unpaired) electrons. The van der Waals surface area contributed by atoms with E-state index in [4.69, 9.17) is 0 Å². The molecular formula is C16H23N3O3S. The molecule has 1 aromatic rings. The largest absolute Gasteiger partial charge is 0.312 e. The van der Waals surface area contributed by atoms with E-state index in [0.29, 0.717) is 13.1 Å². The van der Waals surface area contributed by atoms with Gasteiger partial charge in [0.1, 0.15) is 0 Å². The van der Waals surface area contributed by atoms with Crippen molar-refractivity contribution in [3.8, 4) is 0 Å². The van der Waals surface area contributed by atoms with Crippen LogP contribution in [0.5, 0.6) is 0 Å². The van der Waals surface area contributed by atoms with Crippen LogP contribution in [0.4, 0.5) is 5.69 Å². The van der Waals surface area contributed by atoms with Gasteiger partial charge in [-0.15, -0.1) is 0 Å². The molecule has 1 amide bonds. The van der Waals surface area contributed by atoms with E-state index in [1.165, 1.54) is 28.3 Å². The molecule has 1 saturated heterocycles. The molecule has 1 unspecified atom stereocenters. The number of para-hydroxylation sites is 1. The smallest absolute Gasteiger partial charge is 0.281 e. The predicted octanol–water partition coefficient (Wildman–Crippen LogP) is 1.09. The highest BCUT2D eigenvalue weighted by molar-refractivity contribution is 7.86. The number of hydrogen-bond acceptors (Lipinski definition) is 3. The molecule has 1 aromatic carbocycles. The molecular weight excluding hydrogens is 314 g/mol. The number of carbonyl (C=O) groups is 1. The number of piperidine rings is 1. The van der Waals surface area contributed by atoms with Crippen LogP contribution in [0.25, 0.3) is 0 Å². The van der Waals surface area contributed by atoms with Crippen LogP contribution in [0.3, 0.4) is 0 Å². The third kappa shape index (κ3) is 3.00. The molecule has 2 aliphatic heterocycles. The van der Waals surface area contributed by atoms with E-state index >= 15 is 0 Å². The summed E-state index contributed by atoms with van der Waals surface area (Å²) in [5, 5.41) is 0. The summed E-state index contributed by atoms with van der Waals surface area (Å²) in [4.78, 5) is 14.7. The van der Waals surface area contributed by atoms with Crippen molar-refractivity contribution in [1.29, 1.82) is 0 Å². The summed E-state index contributed by atoms with van der Waals surface area (Å²) in [5.74, 6) is -0.210. The number of nitrogens with zero attached hydrogens (tertiary/aromatic N) is 3. The Kier molecular flexibility index (Phi) is 4.44. The van der Waals surface area contributed by atoms with Crippen LogP contribution < -0.4 is 4.90 Å². The number of amides is 1. The van der Waals surface area contributed by atoms with Crippen LogP contribution in [0.2, 0.25) is 0 Å². The SMILES string of the molecule is CN(C)S(=O)(=O)N1CCCC(C(=O)N2CCc3ccccc32)C1. The Labute approximate surface area is 137 Å². The van der Waals surface area contributed by atoms with E-state index < -0.39 is 10.2 Å². The Hall–Kier alpha value is -1.44. The van der Waals surface area contributed by atoms with Crippen LogP contribution in [0.15, 0.2) is 24.3 Å².